The van der Waals surface area contributed by atoms with Crippen molar-refractivity contribution in [3.8, 4) is 22.3 Å². The topological polar surface area (TPSA) is 189 Å². The summed E-state index contributed by atoms with van der Waals surface area (Å²) in [4.78, 5) is 72.2. The van der Waals surface area contributed by atoms with Crippen LogP contribution in [0, 0.1) is 11.3 Å². The predicted octanol–water partition coefficient (Wildman–Crippen LogP) is 4.05. The zero-order chi connectivity index (χ0) is 40.7. The molecule has 0 unspecified atom stereocenters. The molecule has 57 heavy (non-hydrogen) atoms. The van der Waals surface area contributed by atoms with Gasteiger partial charge in [-0.25, -0.2) is 17.9 Å². The van der Waals surface area contributed by atoms with Crippen LogP contribution in [-0.2, 0) is 24.4 Å². The average molecular weight is 798 g/mol. The van der Waals surface area contributed by atoms with E-state index in [2.05, 4.69) is 32.4 Å². The van der Waals surface area contributed by atoms with Crippen molar-refractivity contribution in [3.05, 3.63) is 89.9 Å². The van der Waals surface area contributed by atoms with Crippen LogP contribution in [0.5, 0.6) is 0 Å². The maximum absolute atomic E-state index is 14.8. The Balaban J connectivity index is 1.24. The molecule has 3 aliphatic carbocycles. The van der Waals surface area contributed by atoms with Gasteiger partial charge in [-0.15, -0.1) is 6.58 Å². The number of benzene rings is 2. The summed E-state index contributed by atoms with van der Waals surface area (Å²) in [5.41, 5.74) is -0.343. The lowest BCUT2D eigenvalue weighted by molar-refractivity contribution is -0.142. The SMILES string of the molecule is C=C[C@@H]1C[C@]1(NC(=O)[C@@H]1C[C@@H](n2ncc(-c3ccccc3)c(-c3ccccc3)c2=O)CN1C(=O)[C@@H](NC(=O)NC1CCCC1)C(C)(C)C)C(=O)NS(=O)(=O)C1CC1. The van der Waals surface area contributed by atoms with E-state index in [1.807, 2.05) is 81.4 Å². The molecule has 2 heterocycles. The van der Waals surface area contributed by atoms with Crippen LogP contribution in [-0.4, -0.2) is 82.3 Å². The fourth-order valence-electron chi connectivity index (χ4n) is 8.19. The molecule has 4 fully saturated rings. The number of urea groups is 1. The van der Waals surface area contributed by atoms with Crippen LogP contribution in [0.2, 0.25) is 0 Å². The van der Waals surface area contributed by atoms with Crippen LogP contribution < -0.4 is 26.2 Å². The summed E-state index contributed by atoms with van der Waals surface area (Å²) in [5, 5.41) is 12.6. The van der Waals surface area contributed by atoms with E-state index in [0.29, 0.717) is 29.5 Å². The van der Waals surface area contributed by atoms with E-state index < -0.39 is 79.6 Å². The van der Waals surface area contributed by atoms with E-state index in [0.717, 1.165) is 31.2 Å². The van der Waals surface area contributed by atoms with Gasteiger partial charge in [-0.1, -0.05) is 100 Å². The Morgan fingerprint density at radius 1 is 0.947 bits per heavy atom. The Bertz CT molecular complexity index is 2210. The number of carbonyl (C=O) groups excluding carboxylic acids is 4. The summed E-state index contributed by atoms with van der Waals surface area (Å²) in [6.45, 7) is 9.12. The Hall–Kier alpha value is -5.31. The molecule has 4 N–H and O–H groups in total. The maximum atomic E-state index is 14.8. The van der Waals surface area contributed by atoms with Gasteiger partial charge in [0.25, 0.3) is 11.5 Å². The Kier molecular flexibility index (Phi) is 10.9. The summed E-state index contributed by atoms with van der Waals surface area (Å²) in [5.74, 6) is -2.66. The molecule has 7 rings (SSSR count). The van der Waals surface area contributed by atoms with E-state index in [1.54, 1.807) is 6.20 Å². The van der Waals surface area contributed by atoms with E-state index in [4.69, 9.17) is 0 Å². The highest BCUT2D eigenvalue weighted by Crippen LogP contribution is 2.46. The quantitative estimate of drug-likeness (QED) is 0.198. The first kappa shape index (κ1) is 39.9. The summed E-state index contributed by atoms with van der Waals surface area (Å²) in [7, 11) is -3.93. The fraction of sp³-hybridized carbons (Fsp3) is 0.476. The maximum Gasteiger partial charge on any atom is 0.315 e. The molecule has 3 aromatic rings. The minimum atomic E-state index is -3.93. The average Bonchev–Trinajstić information content (AvgIpc) is 4.06. The molecule has 15 heteroatoms. The van der Waals surface area contributed by atoms with Crippen LogP contribution in [0.25, 0.3) is 22.3 Å². The van der Waals surface area contributed by atoms with Gasteiger partial charge in [0.2, 0.25) is 21.8 Å². The van der Waals surface area contributed by atoms with Crippen LogP contribution in [0.1, 0.15) is 78.2 Å². The number of nitrogens with one attached hydrogen (secondary N) is 4. The monoisotopic (exact) mass is 797 g/mol. The van der Waals surface area contributed by atoms with Gasteiger partial charge < -0.3 is 20.9 Å². The van der Waals surface area contributed by atoms with Crippen LogP contribution in [0.3, 0.4) is 0 Å². The van der Waals surface area contributed by atoms with Crippen molar-refractivity contribution in [3.63, 3.8) is 0 Å². The molecular weight excluding hydrogens is 747 g/mol. The lowest BCUT2D eigenvalue weighted by Gasteiger charge is -2.36. The van der Waals surface area contributed by atoms with Crippen molar-refractivity contribution in [1.82, 2.24) is 35.4 Å². The first-order chi connectivity index (χ1) is 27.1. The normalized spacial score (nSPS) is 24.0. The van der Waals surface area contributed by atoms with Gasteiger partial charge in [-0.05, 0) is 48.6 Å². The standard InChI is InChI=1S/C42H51N7O7S/c1-5-28-23-42(28,39(53)47-57(55,56)31-20-21-31)46-36(50)33-22-30(25-48(33)38(52)35(41(2,3)4)45-40(54)44-29-18-12-13-19-29)49-37(51)34(27-16-10-7-11-17-27)32(24-43-49)26-14-8-6-9-15-26/h5-11,14-17,24,28-31,33,35H,1,12-13,18-23,25H2,2-4H3,(H,46,50)(H,47,53)(H2,44,45,54)/t28-,30-,33+,35-,42-/m1/s1. The number of amides is 5. The van der Waals surface area contributed by atoms with E-state index in [-0.39, 0.29) is 25.4 Å². The van der Waals surface area contributed by atoms with Crippen molar-refractivity contribution in [2.24, 2.45) is 11.3 Å². The molecule has 14 nitrogen and oxygen atoms in total. The second-order valence-corrected chi connectivity index (χ2v) is 18.9. The van der Waals surface area contributed by atoms with E-state index in [9.17, 15) is 32.4 Å². The van der Waals surface area contributed by atoms with Gasteiger partial charge >= 0.3 is 6.03 Å². The molecule has 302 valence electrons. The zero-order valence-electron chi connectivity index (χ0n) is 32.6. The highest BCUT2D eigenvalue weighted by molar-refractivity contribution is 7.91. The Morgan fingerprint density at radius 2 is 1.58 bits per heavy atom. The lowest BCUT2D eigenvalue weighted by atomic mass is 9.85. The summed E-state index contributed by atoms with van der Waals surface area (Å²) >= 11 is 0. The molecule has 2 aromatic carbocycles. The van der Waals surface area contributed by atoms with Crippen LogP contribution >= 0.6 is 0 Å². The number of sulfonamides is 1. The fourth-order valence-corrected chi connectivity index (χ4v) is 9.56. The second-order valence-electron chi connectivity index (χ2n) is 16.9. The molecule has 4 aliphatic rings. The Labute approximate surface area is 332 Å². The van der Waals surface area contributed by atoms with Gasteiger partial charge in [-0.2, -0.15) is 5.10 Å². The highest BCUT2D eigenvalue weighted by Gasteiger charge is 2.62. The van der Waals surface area contributed by atoms with Gasteiger partial charge in [0.15, 0.2) is 0 Å². The van der Waals surface area contributed by atoms with Crippen molar-refractivity contribution >= 4 is 33.8 Å². The minimum absolute atomic E-state index is 0.00607. The molecule has 3 saturated carbocycles. The molecule has 1 aliphatic heterocycles. The number of hydrogen-bond acceptors (Lipinski definition) is 8. The van der Waals surface area contributed by atoms with Crippen molar-refractivity contribution in [1.29, 1.82) is 0 Å². The number of hydrogen-bond donors (Lipinski definition) is 4. The third-order valence-electron chi connectivity index (χ3n) is 11.7. The van der Waals surface area contributed by atoms with E-state index >= 15 is 0 Å². The lowest BCUT2D eigenvalue weighted by Crippen LogP contribution is -2.61. The number of carbonyl (C=O) groups is 4. The number of rotatable bonds is 12. The summed E-state index contributed by atoms with van der Waals surface area (Å²) in [6, 6.07) is 15.0. The summed E-state index contributed by atoms with van der Waals surface area (Å²) in [6.07, 6.45) is 7.76. The summed E-state index contributed by atoms with van der Waals surface area (Å²) < 4.78 is 29.1. The first-order valence-electron chi connectivity index (χ1n) is 19.7. The zero-order valence-corrected chi connectivity index (χ0v) is 33.4. The molecule has 1 saturated heterocycles. The Morgan fingerprint density at radius 3 is 2.16 bits per heavy atom. The molecule has 1 aromatic heterocycles. The second kappa shape index (κ2) is 15.6. The van der Waals surface area contributed by atoms with Crippen LogP contribution in [0.15, 0.2) is 84.3 Å². The molecule has 0 radical (unpaired) electrons. The minimum Gasteiger partial charge on any atom is -0.339 e. The van der Waals surface area contributed by atoms with Crippen LogP contribution in [0.4, 0.5) is 4.79 Å². The van der Waals surface area contributed by atoms with Gasteiger partial charge in [-0.3, -0.25) is 23.9 Å². The molecule has 0 spiro atoms. The highest BCUT2D eigenvalue weighted by atomic mass is 32.2. The van der Waals surface area contributed by atoms with Gasteiger partial charge in [0.1, 0.15) is 17.6 Å². The number of likely N-dealkylation sites (tertiary alicyclic amines) is 1. The third kappa shape index (κ3) is 8.25. The smallest absolute Gasteiger partial charge is 0.315 e. The third-order valence-corrected chi connectivity index (χ3v) is 13.5. The van der Waals surface area contributed by atoms with Gasteiger partial charge in [0, 0.05) is 30.5 Å². The largest absolute Gasteiger partial charge is 0.339 e. The molecule has 5 amide bonds. The molecular formula is C42H51N7O7S. The number of aromatic nitrogens is 2. The van der Waals surface area contributed by atoms with Crippen molar-refractivity contribution in [2.45, 2.75) is 107 Å². The first-order valence-corrected chi connectivity index (χ1v) is 21.3. The van der Waals surface area contributed by atoms with E-state index in [1.165, 1.54) is 15.7 Å². The molecule has 5 atom stereocenters. The van der Waals surface area contributed by atoms with Gasteiger partial charge in [0.05, 0.1) is 23.1 Å². The molecule has 0 bridgehead atoms. The number of nitrogens with zero attached hydrogens (tertiary/aromatic N) is 3. The van der Waals surface area contributed by atoms with Crippen molar-refractivity contribution in [2.75, 3.05) is 6.54 Å². The predicted molar refractivity (Wildman–Crippen MR) is 215 cm³/mol. The van der Waals surface area contributed by atoms with Crippen molar-refractivity contribution < 1.29 is 27.6 Å².